The minimum absolute atomic E-state index is 0.196. The first kappa shape index (κ1) is 22.1. The zero-order valence-corrected chi connectivity index (χ0v) is 17.8. The number of ether oxygens (including phenoxy) is 2. The molecule has 1 N–H and O–H groups in total. The molecule has 160 valence electrons. The molecule has 0 heterocycles. The van der Waals surface area contributed by atoms with Crippen LogP contribution in [0.1, 0.15) is 41.1 Å². The van der Waals surface area contributed by atoms with E-state index in [1.54, 1.807) is 13.2 Å². The van der Waals surface area contributed by atoms with Gasteiger partial charge in [0.1, 0.15) is 5.75 Å². The first-order valence-corrected chi connectivity index (χ1v) is 10.5. The number of rotatable bonds is 10. The van der Waals surface area contributed by atoms with Crippen molar-refractivity contribution in [1.82, 2.24) is 4.90 Å². The van der Waals surface area contributed by atoms with Crippen LogP contribution in [0, 0.1) is 0 Å². The van der Waals surface area contributed by atoms with E-state index in [9.17, 15) is 9.90 Å². The Hall–Kier alpha value is -2.63. The summed E-state index contributed by atoms with van der Waals surface area (Å²) in [6, 6.07) is 14.9. The monoisotopic (exact) mass is 409 g/mol. The van der Waals surface area contributed by atoms with E-state index in [1.807, 2.05) is 18.2 Å². The minimum atomic E-state index is -0.347. The number of esters is 1. The Balaban J connectivity index is 1.74. The summed E-state index contributed by atoms with van der Waals surface area (Å²) in [6.07, 6.45) is 7.00. The molecule has 30 heavy (non-hydrogen) atoms. The largest absolute Gasteiger partial charge is 0.496 e. The summed E-state index contributed by atoms with van der Waals surface area (Å²) in [6.45, 7) is 1.97. The van der Waals surface area contributed by atoms with E-state index >= 15 is 0 Å². The van der Waals surface area contributed by atoms with Crippen LogP contribution in [0.3, 0.4) is 0 Å². The van der Waals surface area contributed by atoms with E-state index in [0.29, 0.717) is 6.04 Å². The lowest BCUT2D eigenvalue weighted by molar-refractivity contribution is -0.134. The second-order valence-electron chi connectivity index (χ2n) is 7.54. The third-order valence-corrected chi connectivity index (χ3v) is 5.73. The topological polar surface area (TPSA) is 59.0 Å². The molecule has 0 aromatic heterocycles. The average Bonchev–Trinajstić information content (AvgIpc) is 3.20. The number of benzene rings is 2. The number of aliphatic hydroxyl groups excluding tert-OH is 1. The van der Waals surface area contributed by atoms with E-state index in [4.69, 9.17) is 4.74 Å². The molecule has 0 fully saturated rings. The molecular formula is C25H31NO4. The van der Waals surface area contributed by atoms with Gasteiger partial charge in [0.25, 0.3) is 0 Å². The van der Waals surface area contributed by atoms with Gasteiger partial charge in [0.15, 0.2) is 0 Å². The fourth-order valence-corrected chi connectivity index (χ4v) is 4.20. The molecule has 3 rings (SSSR count). The van der Waals surface area contributed by atoms with Crippen LogP contribution >= 0.6 is 0 Å². The maximum atomic E-state index is 11.4. The van der Waals surface area contributed by atoms with Gasteiger partial charge in [-0.1, -0.05) is 36.4 Å². The summed E-state index contributed by atoms with van der Waals surface area (Å²) in [4.78, 5) is 13.8. The zero-order chi connectivity index (χ0) is 21.3. The fraction of sp³-hybridized carbons (Fsp3) is 0.400. The maximum Gasteiger partial charge on any atom is 0.330 e. The van der Waals surface area contributed by atoms with Crippen molar-refractivity contribution in [3.63, 3.8) is 0 Å². The highest BCUT2D eigenvalue weighted by molar-refractivity contribution is 5.86. The fourth-order valence-electron chi connectivity index (χ4n) is 4.20. The Bertz CT molecular complexity index is 877. The Morgan fingerprint density at radius 1 is 1.20 bits per heavy atom. The van der Waals surface area contributed by atoms with E-state index in [-0.39, 0.29) is 12.6 Å². The molecule has 1 aliphatic rings. The molecule has 0 spiro atoms. The number of carbonyl (C=O) groups excluding carboxylic acids is 1. The predicted molar refractivity (Wildman–Crippen MR) is 119 cm³/mol. The van der Waals surface area contributed by atoms with Gasteiger partial charge in [-0.2, -0.15) is 0 Å². The van der Waals surface area contributed by atoms with Crippen molar-refractivity contribution in [3.05, 3.63) is 70.8 Å². The van der Waals surface area contributed by atoms with Crippen molar-refractivity contribution < 1.29 is 19.4 Å². The van der Waals surface area contributed by atoms with Gasteiger partial charge in [-0.05, 0) is 60.1 Å². The maximum absolute atomic E-state index is 11.4. The smallest absolute Gasteiger partial charge is 0.330 e. The summed E-state index contributed by atoms with van der Waals surface area (Å²) in [7, 11) is 3.09. The van der Waals surface area contributed by atoms with E-state index < -0.39 is 0 Å². The van der Waals surface area contributed by atoms with Crippen molar-refractivity contribution >= 4 is 12.0 Å². The van der Waals surface area contributed by atoms with Crippen molar-refractivity contribution in [2.24, 2.45) is 0 Å². The van der Waals surface area contributed by atoms with Crippen LogP contribution in [0.2, 0.25) is 0 Å². The Labute approximate surface area is 178 Å². The van der Waals surface area contributed by atoms with Crippen molar-refractivity contribution in [2.75, 3.05) is 33.9 Å². The predicted octanol–water partition coefficient (Wildman–Crippen LogP) is 3.80. The quantitative estimate of drug-likeness (QED) is 0.478. The molecule has 5 nitrogen and oxygen atoms in total. The van der Waals surface area contributed by atoms with E-state index in [0.717, 1.165) is 50.1 Å². The number of nitrogens with zero attached hydrogens (tertiary/aromatic N) is 1. The first-order chi connectivity index (χ1) is 14.7. The van der Waals surface area contributed by atoms with Crippen molar-refractivity contribution in [1.29, 1.82) is 0 Å². The van der Waals surface area contributed by atoms with Crippen LogP contribution in [0.25, 0.3) is 6.08 Å². The van der Waals surface area contributed by atoms with Gasteiger partial charge >= 0.3 is 5.97 Å². The Morgan fingerprint density at radius 3 is 2.80 bits per heavy atom. The average molecular weight is 410 g/mol. The third kappa shape index (κ3) is 5.49. The second-order valence-corrected chi connectivity index (χ2v) is 7.54. The number of hydrogen-bond acceptors (Lipinski definition) is 5. The molecule has 2 aromatic carbocycles. The number of carbonyl (C=O) groups is 1. The van der Waals surface area contributed by atoms with Crippen LogP contribution in [0.5, 0.6) is 5.75 Å². The highest BCUT2D eigenvalue weighted by Crippen LogP contribution is 2.37. The van der Waals surface area contributed by atoms with E-state index in [2.05, 4.69) is 33.9 Å². The molecule has 1 unspecified atom stereocenters. The highest BCUT2D eigenvalue weighted by atomic mass is 16.5. The van der Waals surface area contributed by atoms with Crippen LogP contribution in [-0.4, -0.2) is 49.9 Å². The standard InChI is InChI=1S/C25H31NO4/c1-29-24-7-4-3-6-20(24)14-16-26(15-5-17-27)23-12-10-21-18-19(8-11-22(21)23)9-13-25(28)30-2/h3-4,6-9,11,13,18,23,27H,5,10,12,14-17H2,1-2H3/b13-9+. The van der Waals surface area contributed by atoms with Crippen LogP contribution < -0.4 is 4.74 Å². The molecule has 0 radical (unpaired) electrons. The third-order valence-electron chi connectivity index (χ3n) is 5.73. The van der Waals surface area contributed by atoms with Gasteiger partial charge in [0.2, 0.25) is 0 Å². The lowest BCUT2D eigenvalue weighted by Crippen LogP contribution is -2.31. The van der Waals surface area contributed by atoms with Crippen molar-refractivity contribution in [2.45, 2.75) is 31.7 Å². The lowest BCUT2D eigenvalue weighted by atomic mass is 10.0. The SMILES string of the molecule is COC(=O)/C=C/c1ccc2c(c1)CCC2N(CCCO)CCc1ccccc1OC. The van der Waals surface area contributed by atoms with Gasteiger partial charge in [-0.15, -0.1) is 0 Å². The first-order valence-electron chi connectivity index (χ1n) is 10.5. The molecule has 0 saturated carbocycles. The van der Waals surface area contributed by atoms with Gasteiger partial charge in [-0.3, -0.25) is 4.90 Å². The Kier molecular flexibility index (Phi) is 8.05. The van der Waals surface area contributed by atoms with Gasteiger partial charge in [0, 0.05) is 31.8 Å². The molecule has 1 aliphatic carbocycles. The molecular weight excluding hydrogens is 378 g/mol. The van der Waals surface area contributed by atoms with Crippen LogP contribution in [0.4, 0.5) is 0 Å². The lowest BCUT2D eigenvalue weighted by Gasteiger charge is -2.30. The normalized spacial score (nSPS) is 15.5. The minimum Gasteiger partial charge on any atom is -0.496 e. The summed E-state index contributed by atoms with van der Waals surface area (Å²) in [5.74, 6) is 0.577. The molecule has 0 amide bonds. The zero-order valence-electron chi connectivity index (χ0n) is 17.8. The van der Waals surface area contributed by atoms with E-state index in [1.165, 1.54) is 29.9 Å². The molecule has 1 atom stereocenters. The van der Waals surface area contributed by atoms with Crippen LogP contribution in [-0.2, 0) is 22.4 Å². The summed E-state index contributed by atoms with van der Waals surface area (Å²) in [5.41, 5.74) is 4.90. The summed E-state index contributed by atoms with van der Waals surface area (Å²) < 4.78 is 10.2. The number of aryl methyl sites for hydroxylation is 1. The molecule has 2 aromatic rings. The number of hydrogen-bond donors (Lipinski definition) is 1. The molecule has 0 bridgehead atoms. The number of fused-ring (bicyclic) bond motifs is 1. The highest BCUT2D eigenvalue weighted by Gasteiger charge is 2.27. The van der Waals surface area contributed by atoms with Gasteiger partial charge in [0.05, 0.1) is 14.2 Å². The Morgan fingerprint density at radius 2 is 2.03 bits per heavy atom. The molecule has 0 saturated heterocycles. The van der Waals surface area contributed by atoms with Gasteiger partial charge in [-0.25, -0.2) is 4.79 Å². The van der Waals surface area contributed by atoms with Crippen LogP contribution in [0.15, 0.2) is 48.5 Å². The second kappa shape index (κ2) is 11.0. The van der Waals surface area contributed by atoms with Crippen molar-refractivity contribution in [3.8, 4) is 5.75 Å². The van der Waals surface area contributed by atoms with Gasteiger partial charge < -0.3 is 14.6 Å². The number of methoxy groups -OCH3 is 2. The summed E-state index contributed by atoms with van der Waals surface area (Å²) in [5, 5.41) is 9.39. The summed E-state index contributed by atoms with van der Waals surface area (Å²) >= 11 is 0. The number of aliphatic hydroxyl groups is 1. The number of para-hydroxylation sites is 1. The molecule has 0 aliphatic heterocycles. The molecule has 5 heteroatoms.